The molecule has 0 radical (unpaired) electrons. The predicted octanol–water partition coefficient (Wildman–Crippen LogP) is 3.04. The maximum absolute atomic E-state index is 13.2. The third-order valence-corrected chi connectivity index (χ3v) is 6.07. The molecule has 0 amide bonds. The van der Waals surface area contributed by atoms with Crippen molar-refractivity contribution in [2.75, 3.05) is 0 Å². The van der Waals surface area contributed by atoms with E-state index in [0.29, 0.717) is 16.7 Å². The molecule has 0 atom stereocenters. The third kappa shape index (κ3) is 4.85. The fraction of sp³-hybridized carbons (Fsp3) is 0.0952. The highest BCUT2D eigenvalue weighted by molar-refractivity contribution is 7.89. The van der Waals surface area contributed by atoms with Crippen LogP contribution in [-0.2, 0) is 23.1 Å². The number of nitrogens with zero attached hydrogens (tertiary/aromatic N) is 3. The van der Waals surface area contributed by atoms with Crippen LogP contribution in [0.3, 0.4) is 0 Å². The predicted molar refractivity (Wildman–Crippen MR) is 105 cm³/mol. The zero-order valence-electron chi connectivity index (χ0n) is 15.3. The molecule has 146 valence electrons. The molecule has 0 aliphatic rings. The Bertz CT molecular complexity index is 1140. The number of sulfonamides is 1. The zero-order chi connectivity index (χ0) is 20.9. The van der Waals surface area contributed by atoms with Crippen molar-refractivity contribution in [2.45, 2.75) is 18.0 Å². The zero-order valence-corrected chi connectivity index (χ0v) is 16.1. The molecule has 0 saturated heterocycles. The fourth-order valence-corrected chi connectivity index (χ4v) is 4.14. The van der Waals surface area contributed by atoms with Crippen LogP contribution in [0, 0.1) is 11.3 Å². The first-order valence-corrected chi connectivity index (χ1v) is 10.1. The highest BCUT2D eigenvalue weighted by Gasteiger charge is 2.25. The van der Waals surface area contributed by atoms with Crippen LogP contribution >= 0.6 is 0 Å². The molecule has 0 aliphatic heterocycles. The van der Waals surface area contributed by atoms with Crippen molar-refractivity contribution in [3.63, 3.8) is 0 Å². The lowest BCUT2D eigenvalue weighted by Crippen LogP contribution is -2.30. The number of benzene rings is 2. The molecule has 1 N–H and O–H groups in total. The summed E-state index contributed by atoms with van der Waals surface area (Å²) in [5.41, 5.74) is 1.86. The number of aromatic nitrogens is 1. The van der Waals surface area contributed by atoms with E-state index in [2.05, 4.69) is 4.98 Å². The number of carboxylic acid groups (broad SMARTS) is 1. The number of hydrogen-bond acceptors (Lipinski definition) is 5. The molecule has 7 nitrogen and oxygen atoms in total. The minimum atomic E-state index is -3.87. The van der Waals surface area contributed by atoms with E-state index in [1.165, 1.54) is 40.7 Å². The Hall–Kier alpha value is -3.54. The van der Waals surface area contributed by atoms with Gasteiger partial charge in [0.05, 0.1) is 22.1 Å². The van der Waals surface area contributed by atoms with Gasteiger partial charge in [-0.1, -0.05) is 18.2 Å². The lowest BCUT2D eigenvalue weighted by atomic mass is 10.1. The molecule has 8 heteroatoms. The summed E-state index contributed by atoms with van der Waals surface area (Å²) in [5.74, 6) is -1.05. The van der Waals surface area contributed by atoms with E-state index < -0.39 is 16.0 Å². The number of hydrogen-bond donors (Lipinski definition) is 1. The van der Waals surface area contributed by atoms with Crippen molar-refractivity contribution in [3.05, 3.63) is 95.3 Å². The molecule has 0 unspecified atom stereocenters. The maximum Gasteiger partial charge on any atom is 0.335 e. The summed E-state index contributed by atoms with van der Waals surface area (Å²) in [7, 11) is -3.87. The van der Waals surface area contributed by atoms with Gasteiger partial charge in [-0.05, 0) is 53.6 Å². The van der Waals surface area contributed by atoms with Crippen molar-refractivity contribution in [2.24, 2.45) is 0 Å². The molecule has 3 rings (SSSR count). The fourth-order valence-electron chi connectivity index (χ4n) is 2.73. The van der Waals surface area contributed by atoms with Gasteiger partial charge in [0, 0.05) is 25.5 Å². The third-order valence-electron chi connectivity index (χ3n) is 4.26. The molecule has 0 bridgehead atoms. The van der Waals surface area contributed by atoms with E-state index >= 15 is 0 Å². The highest BCUT2D eigenvalue weighted by Crippen LogP contribution is 2.22. The minimum absolute atomic E-state index is 0.0527. The number of aromatic carboxylic acids is 1. The van der Waals surface area contributed by atoms with E-state index in [1.54, 1.807) is 36.7 Å². The molecule has 1 aromatic heterocycles. The smallest absolute Gasteiger partial charge is 0.335 e. The van der Waals surface area contributed by atoms with Gasteiger partial charge in [-0.2, -0.15) is 9.57 Å². The van der Waals surface area contributed by atoms with Crippen LogP contribution in [0.4, 0.5) is 0 Å². The highest BCUT2D eigenvalue weighted by atomic mass is 32.2. The van der Waals surface area contributed by atoms with Gasteiger partial charge >= 0.3 is 5.97 Å². The monoisotopic (exact) mass is 407 g/mol. The first kappa shape index (κ1) is 20.2. The van der Waals surface area contributed by atoms with Crippen LogP contribution in [-0.4, -0.2) is 28.8 Å². The number of carboxylic acids is 1. The van der Waals surface area contributed by atoms with E-state index in [1.807, 2.05) is 6.07 Å². The largest absolute Gasteiger partial charge is 0.478 e. The van der Waals surface area contributed by atoms with E-state index in [4.69, 9.17) is 10.4 Å². The summed E-state index contributed by atoms with van der Waals surface area (Å²) in [4.78, 5) is 15.1. The Morgan fingerprint density at radius 3 is 2.21 bits per heavy atom. The van der Waals surface area contributed by atoms with Crippen LogP contribution in [0.15, 0.2) is 78.0 Å². The van der Waals surface area contributed by atoms with Gasteiger partial charge in [-0.25, -0.2) is 13.2 Å². The van der Waals surface area contributed by atoms with E-state index in [0.717, 1.165) is 0 Å². The molecular weight excluding hydrogens is 390 g/mol. The number of rotatable bonds is 7. The van der Waals surface area contributed by atoms with Crippen molar-refractivity contribution in [1.29, 1.82) is 5.26 Å². The molecule has 3 aromatic rings. The second-order valence-electron chi connectivity index (χ2n) is 6.27. The Balaban J connectivity index is 1.95. The van der Waals surface area contributed by atoms with Crippen molar-refractivity contribution in [1.82, 2.24) is 9.29 Å². The second-order valence-corrected chi connectivity index (χ2v) is 8.21. The summed E-state index contributed by atoms with van der Waals surface area (Å²) < 4.78 is 27.8. The quantitative estimate of drug-likeness (QED) is 0.644. The maximum atomic E-state index is 13.2. The first-order valence-electron chi connectivity index (χ1n) is 8.61. The van der Waals surface area contributed by atoms with Gasteiger partial charge in [0.15, 0.2) is 0 Å². The molecule has 0 aliphatic carbocycles. The SMILES string of the molecule is N#Cc1ccc(S(=O)(=O)N(Cc2ccc(C(=O)O)cc2)Cc2cccnc2)cc1. The molecule has 29 heavy (non-hydrogen) atoms. The van der Waals surface area contributed by atoms with E-state index in [-0.39, 0.29) is 23.5 Å². The van der Waals surface area contributed by atoms with Crippen LogP contribution in [0.2, 0.25) is 0 Å². The normalized spacial score (nSPS) is 11.2. The summed E-state index contributed by atoms with van der Waals surface area (Å²) >= 11 is 0. The standard InChI is InChI=1S/C21H17N3O4S/c22-12-16-5-9-20(10-6-16)29(27,28)24(15-18-2-1-11-23-13-18)14-17-3-7-19(8-4-17)21(25)26/h1-11,13H,14-15H2,(H,25,26). The summed E-state index contributed by atoms with van der Waals surface area (Å²) in [6.07, 6.45) is 3.20. The Labute approximate surface area is 168 Å². The summed E-state index contributed by atoms with van der Waals surface area (Å²) in [6.45, 7) is 0.147. The van der Waals surface area contributed by atoms with Crippen LogP contribution in [0.5, 0.6) is 0 Å². The Kier molecular flexibility index (Phi) is 6.02. The molecule has 0 fully saturated rings. The van der Waals surface area contributed by atoms with Crippen LogP contribution in [0.25, 0.3) is 0 Å². The molecule has 1 heterocycles. The molecular formula is C21H17N3O4S. The number of pyridine rings is 1. The van der Waals surface area contributed by atoms with Crippen molar-refractivity contribution >= 4 is 16.0 Å². The van der Waals surface area contributed by atoms with Gasteiger partial charge in [0.25, 0.3) is 0 Å². The van der Waals surface area contributed by atoms with Gasteiger partial charge < -0.3 is 5.11 Å². The molecule has 0 spiro atoms. The van der Waals surface area contributed by atoms with Crippen molar-refractivity contribution < 1.29 is 18.3 Å². The topological polar surface area (TPSA) is 111 Å². The molecule has 2 aromatic carbocycles. The van der Waals surface area contributed by atoms with Crippen LogP contribution < -0.4 is 0 Å². The Morgan fingerprint density at radius 1 is 1.00 bits per heavy atom. The second kappa shape index (κ2) is 8.65. The van der Waals surface area contributed by atoms with Gasteiger partial charge in [-0.15, -0.1) is 0 Å². The molecule has 0 saturated carbocycles. The number of carbonyl (C=O) groups is 1. The van der Waals surface area contributed by atoms with Gasteiger partial charge in [0.2, 0.25) is 10.0 Å². The number of nitriles is 1. The summed E-state index contributed by atoms with van der Waals surface area (Å²) in [6, 6.07) is 17.2. The average Bonchev–Trinajstić information content (AvgIpc) is 2.74. The first-order chi connectivity index (χ1) is 13.9. The lowest BCUT2D eigenvalue weighted by Gasteiger charge is -2.22. The lowest BCUT2D eigenvalue weighted by molar-refractivity contribution is 0.0697. The summed E-state index contributed by atoms with van der Waals surface area (Å²) in [5, 5.41) is 18.0. The van der Waals surface area contributed by atoms with Crippen LogP contribution in [0.1, 0.15) is 27.0 Å². The van der Waals surface area contributed by atoms with Gasteiger partial charge in [0.1, 0.15) is 0 Å². The van der Waals surface area contributed by atoms with Gasteiger partial charge in [-0.3, -0.25) is 4.98 Å². The minimum Gasteiger partial charge on any atom is -0.478 e. The van der Waals surface area contributed by atoms with E-state index in [9.17, 15) is 13.2 Å². The average molecular weight is 407 g/mol. The Morgan fingerprint density at radius 2 is 1.66 bits per heavy atom. The van der Waals surface area contributed by atoms with Crippen molar-refractivity contribution in [3.8, 4) is 6.07 Å².